The Hall–Kier alpha value is 0.110. The lowest BCUT2D eigenvalue weighted by Crippen LogP contribution is -2.48. The Balaban J connectivity index is 1.88. The molecule has 1 atom stereocenters. The Labute approximate surface area is 63.8 Å². The smallest absolute Gasteiger partial charge is 0.0920 e. The summed E-state index contributed by atoms with van der Waals surface area (Å²) in [5.74, 6) is 0. The summed E-state index contributed by atoms with van der Waals surface area (Å²) in [5.41, 5.74) is 0.625. The average Bonchev–Trinajstić information content (AvgIpc) is 1.54. The second-order valence-corrected chi connectivity index (χ2v) is 5.04. The number of hydrogen-bond acceptors (Lipinski definition) is 1. The third-order valence-electron chi connectivity index (χ3n) is 3.06. The predicted octanol–water partition coefficient (Wildman–Crippen LogP) is 0.942. The van der Waals surface area contributed by atoms with Crippen molar-refractivity contribution in [2.24, 2.45) is 10.6 Å². The van der Waals surface area contributed by atoms with Gasteiger partial charge in [0, 0.05) is 0 Å². The summed E-state index contributed by atoms with van der Waals surface area (Å²) in [7, 11) is -1.04. The SMILES string of the molecule is NS(=O)C1CC2(CCC2)C1. The Bertz CT molecular complexity index is 168. The lowest BCUT2D eigenvalue weighted by Gasteiger charge is -2.53. The van der Waals surface area contributed by atoms with E-state index in [0.29, 0.717) is 10.7 Å². The zero-order chi connectivity index (χ0) is 7.19. The fourth-order valence-corrected chi connectivity index (χ4v) is 3.19. The molecule has 1 spiro atoms. The molecule has 0 aromatic carbocycles. The second-order valence-electron chi connectivity index (χ2n) is 3.71. The minimum atomic E-state index is -1.04. The number of nitrogens with two attached hydrogens (primary N) is 1. The monoisotopic (exact) mass is 159 g/mol. The first-order valence-corrected chi connectivity index (χ1v) is 5.14. The van der Waals surface area contributed by atoms with E-state index in [1.807, 2.05) is 0 Å². The summed E-state index contributed by atoms with van der Waals surface area (Å²) in [6, 6.07) is 0. The van der Waals surface area contributed by atoms with Gasteiger partial charge in [0.1, 0.15) is 0 Å². The van der Waals surface area contributed by atoms with Crippen LogP contribution in [-0.4, -0.2) is 9.46 Å². The van der Waals surface area contributed by atoms with Gasteiger partial charge in [-0.15, -0.1) is 0 Å². The first-order chi connectivity index (χ1) is 4.72. The average molecular weight is 159 g/mol. The maximum absolute atomic E-state index is 10.7. The van der Waals surface area contributed by atoms with Crippen molar-refractivity contribution in [2.45, 2.75) is 37.4 Å². The summed E-state index contributed by atoms with van der Waals surface area (Å²) < 4.78 is 10.7. The molecule has 2 aliphatic carbocycles. The maximum atomic E-state index is 10.7. The van der Waals surface area contributed by atoms with E-state index in [4.69, 9.17) is 5.14 Å². The summed E-state index contributed by atoms with van der Waals surface area (Å²) in [5, 5.41) is 5.60. The minimum Gasteiger partial charge on any atom is -0.252 e. The standard InChI is InChI=1S/C7H13NOS/c8-10(9)6-4-7(5-6)2-1-3-7/h6H,1-5,8H2. The quantitative estimate of drug-likeness (QED) is 0.608. The van der Waals surface area contributed by atoms with Crippen molar-refractivity contribution in [1.82, 2.24) is 0 Å². The molecular formula is C7H13NOS. The molecule has 2 nitrogen and oxygen atoms in total. The van der Waals surface area contributed by atoms with Crippen molar-refractivity contribution in [3.8, 4) is 0 Å². The van der Waals surface area contributed by atoms with Gasteiger partial charge in [-0.1, -0.05) is 6.42 Å². The van der Waals surface area contributed by atoms with Crippen LogP contribution in [0.5, 0.6) is 0 Å². The van der Waals surface area contributed by atoms with Crippen molar-refractivity contribution in [1.29, 1.82) is 0 Å². The fourth-order valence-electron chi connectivity index (χ4n) is 2.16. The van der Waals surface area contributed by atoms with Gasteiger partial charge >= 0.3 is 0 Å². The molecule has 0 amide bonds. The molecule has 2 fully saturated rings. The minimum absolute atomic E-state index is 0.334. The molecule has 2 rings (SSSR count). The highest BCUT2D eigenvalue weighted by Crippen LogP contribution is 2.56. The third kappa shape index (κ3) is 0.839. The molecule has 0 radical (unpaired) electrons. The van der Waals surface area contributed by atoms with Crippen molar-refractivity contribution < 1.29 is 4.21 Å². The maximum Gasteiger partial charge on any atom is 0.0920 e. The van der Waals surface area contributed by atoms with E-state index in [0.717, 1.165) is 12.8 Å². The zero-order valence-corrected chi connectivity index (χ0v) is 6.82. The van der Waals surface area contributed by atoms with Crippen LogP contribution in [0.25, 0.3) is 0 Å². The van der Waals surface area contributed by atoms with Crippen LogP contribution in [0.2, 0.25) is 0 Å². The molecule has 3 heteroatoms. The van der Waals surface area contributed by atoms with Crippen molar-refractivity contribution in [2.75, 3.05) is 0 Å². The van der Waals surface area contributed by atoms with Crippen molar-refractivity contribution in [3.05, 3.63) is 0 Å². The molecule has 2 aliphatic rings. The van der Waals surface area contributed by atoms with Gasteiger partial charge in [-0.25, -0.2) is 4.21 Å². The van der Waals surface area contributed by atoms with Gasteiger partial charge in [-0.05, 0) is 31.1 Å². The van der Waals surface area contributed by atoms with Gasteiger partial charge in [0.25, 0.3) is 0 Å². The van der Waals surface area contributed by atoms with Crippen molar-refractivity contribution in [3.63, 3.8) is 0 Å². The summed E-state index contributed by atoms with van der Waals surface area (Å²) in [6.07, 6.45) is 6.37. The van der Waals surface area contributed by atoms with Crippen LogP contribution >= 0.6 is 0 Å². The molecule has 0 aliphatic heterocycles. The van der Waals surface area contributed by atoms with Crippen LogP contribution in [0.15, 0.2) is 0 Å². The van der Waals surface area contributed by atoms with Crippen LogP contribution in [0.1, 0.15) is 32.1 Å². The molecule has 0 aromatic heterocycles. The Morgan fingerprint density at radius 1 is 1.40 bits per heavy atom. The van der Waals surface area contributed by atoms with E-state index >= 15 is 0 Å². The van der Waals surface area contributed by atoms with E-state index in [1.54, 1.807) is 0 Å². The van der Waals surface area contributed by atoms with Gasteiger partial charge < -0.3 is 0 Å². The van der Waals surface area contributed by atoms with Gasteiger partial charge in [0.05, 0.1) is 16.2 Å². The largest absolute Gasteiger partial charge is 0.252 e. The van der Waals surface area contributed by atoms with Crippen LogP contribution in [0.3, 0.4) is 0 Å². The molecule has 10 heavy (non-hydrogen) atoms. The molecule has 2 saturated carbocycles. The van der Waals surface area contributed by atoms with Gasteiger partial charge in [0.15, 0.2) is 0 Å². The molecule has 58 valence electrons. The Morgan fingerprint density at radius 3 is 2.30 bits per heavy atom. The lowest BCUT2D eigenvalue weighted by molar-refractivity contribution is 0.0366. The van der Waals surface area contributed by atoms with E-state index < -0.39 is 11.0 Å². The van der Waals surface area contributed by atoms with Gasteiger partial charge in [0.2, 0.25) is 0 Å². The topological polar surface area (TPSA) is 43.1 Å². The van der Waals surface area contributed by atoms with Crippen LogP contribution in [0, 0.1) is 5.41 Å². The van der Waals surface area contributed by atoms with E-state index in [2.05, 4.69) is 0 Å². The molecule has 0 heterocycles. The van der Waals surface area contributed by atoms with Gasteiger partial charge in [-0.3, -0.25) is 5.14 Å². The highest BCUT2D eigenvalue weighted by Gasteiger charge is 2.49. The number of hydrogen-bond donors (Lipinski definition) is 1. The Morgan fingerprint density at radius 2 is 2.00 bits per heavy atom. The first kappa shape index (κ1) is 6.80. The summed E-state index contributed by atoms with van der Waals surface area (Å²) in [4.78, 5) is 0. The molecule has 0 aromatic rings. The second kappa shape index (κ2) is 2.05. The van der Waals surface area contributed by atoms with E-state index in [-0.39, 0.29) is 0 Å². The molecule has 2 N–H and O–H groups in total. The summed E-state index contributed by atoms with van der Waals surface area (Å²) in [6.45, 7) is 0. The lowest BCUT2D eigenvalue weighted by atomic mass is 9.56. The van der Waals surface area contributed by atoms with Gasteiger partial charge in [-0.2, -0.15) is 0 Å². The molecular weight excluding hydrogens is 146 g/mol. The van der Waals surface area contributed by atoms with E-state index in [1.165, 1.54) is 19.3 Å². The van der Waals surface area contributed by atoms with Crippen LogP contribution in [0.4, 0.5) is 0 Å². The van der Waals surface area contributed by atoms with E-state index in [9.17, 15) is 4.21 Å². The van der Waals surface area contributed by atoms with Crippen LogP contribution in [-0.2, 0) is 11.0 Å². The molecule has 0 bridgehead atoms. The summed E-state index contributed by atoms with van der Waals surface area (Å²) >= 11 is 0. The number of rotatable bonds is 1. The zero-order valence-electron chi connectivity index (χ0n) is 6.01. The Kier molecular flexibility index (Phi) is 1.39. The highest BCUT2D eigenvalue weighted by molar-refractivity contribution is 7.83. The van der Waals surface area contributed by atoms with Crippen molar-refractivity contribution >= 4 is 11.0 Å². The molecule has 0 saturated heterocycles. The predicted molar refractivity (Wildman–Crippen MR) is 41.6 cm³/mol. The normalized spacial score (nSPS) is 32.9. The highest BCUT2D eigenvalue weighted by atomic mass is 32.2. The van der Waals surface area contributed by atoms with Crippen LogP contribution < -0.4 is 5.14 Å². The third-order valence-corrected chi connectivity index (χ3v) is 4.05. The first-order valence-electron chi connectivity index (χ1n) is 3.87. The molecule has 1 unspecified atom stereocenters. The fraction of sp³-hybridized carbons (Fsp3) is 1.00.